The standard InChI is InChI=1S/C52H103N3O5.C13H28N2O/c1-12-15-24-32-45(4)33-31-34-46(5)38-39-48(56)53-40-28-21-18-25-35-47(36-26-19-22-29-43-54(41-16-13-2)49(57)59-51(6,7)8)37-27-20-23-30-44-55(42-17-14-3)50(58)60-52(9,10)11;1-11(2)5-4-6-12(3)7-8-13(16)15-10-9-14/h45-47H,12-44H2,1-11H3,(H,53,56);11-12H,4-10,14H2,1-3H3,(H,15,16). The van der Waals surface area contributed by atoms with Gasteiger partial charge in [0.1, 0.15) is 11.2 Å². The predicted molar refractivity (Wildman–Crippen MR) is 326 cm³/mol. The van der Waals surface area contributed by atoms with Crippen molar-refractivity contribution in [1.82, 2.24) is 20.4 Å². The molecule has 0 saturated carbocycles. The molecule has 11 heteroatoms. The molecule has 0 saturated heterocycles. The van der Waals surface area contributed by atoms with Crippen molar-refractivity contribution < 1.29 is 28.7 Å². The number of carbonyl (C=O) groups excluding carboxylic acids is 4. The van der Waals surface area contributed by atoms with Crippen LogP contribution in [0, 0.1) is 29.6 Å². The minimum Gasteiger partial charge on any atom is -0.444 e. The average Bonchev–Trinajstić information content (AvgIpc) is 3.34. The third-order valence-corrected chi connectivity index (χ3v) is 14.7. The number of rotatable bonds is 47. The Bertz CT molecular complexity index is 1310. The van der Waals surface area contributed by atoms with Gasteiger partial charge in [0.25, 0.3) is 0 Å². The topological polar surface area (TPSA) is 143 Å². The molecule has 0 fully saturated rings. The molecule has 4 N–H and O–H groups in total. The van der Waals surface area contributed by atoms with Gasteiger partial charge < -0.3 is 35.6 Å². The number of hydrogen-bond donors (Lipinski definition) is 3. The Kier molecular flexibility index (Phi) is 49.2. The lowest BCUT2D eigenvalue weighted by Gasteiger charge is -2.27. The van der Waals surface area contributed by atoms with Gasteiger partial charge in [-0.15, -0.1) is 0 Å². The van der Waals surface area contributed by atoms with E-state index in [-0.39, 0.29) is 24.0 Å². The molecule has 0 aromatic carbocycles. The monoisotopic (exact) mass is 1080 g/mol. The Morgan fingerprint density at radius 1 is 0.408 bits per heavy atom. The minimum absolute atomic E-state index is 0.140. The molecule has 0 aliphatic carbocycles. The Morgan fingerprint density at radius 3 is 1.14 bits per heavy atom. The van der Waals surface area contributed by atoms with E-state index in [0.717, 1.165) is 121 Å². The van der Waals surface area contributed by atoms with E-state index in [2.05, 4.69) is 66.0 Å². The summed E-state index contributed by atoms with van der Waals surface area (Å²) in [6, 6.07) is 0. The van der Waals surface area contributed by atoms with Gasteiger partial charge in [0.05, 0.1) is 0 Å². The number of nitrogens with zero attached hydrogens (tertiary/aromatic N) is 2. The van der Waals surface area contributed by atoms with Gasteiger partial charge in [-0.05, 0) is 116 Å². The molecule has 0 heterocycles. The summed E-state index contributed by atoms with van der Waals surface area (Å²) >= 11 is 0. The Morgan fingerprint density at radius 2 is 0.750 bits per heavy atom. The van der Waals surface area contributed by atoms with Crippen LogP contribution >= 0.6 is 0 Å². The van der Waals surface area contributed by atoms with E-state index in [1.807, 2.05) is 51.3 Å². The molecular weight excluding hydrogens is 947 g/mol. The highest BCUT2D eigenvalue weighted by molar-refractivity contribution is 5.76. The number of nitrogens with two attached hydrogens (primary N) is 1. The second-order valence-corrected chi connectivity index (χ2v) is 25.7. The van der Waals surface area contributed by atoms with Crippen LogP contribution in [0.4, 0.5) is 9.59 Å². The van der Waals surface area contributed by atoms with Gasteiger partial charge in [-0.25, -0.2) is 9.59 Å². The lowest BCUT2D eigenvalue weighted by molar-refractivity contribution is -0.122. The van der Waals surface area contributed by atoms with Gasteiger partial charge in [0.15, 0.2) is 0 Å². The van der Waals surface area contributed by atoms with Crippen LogP contribution in [0.1, 0.15) is 309 Å². The van der Waals surface area contributed by atoms with Crippen LogP contribution in [-0.2, 0) is 19.1 Å². The van der Waals surface area contributed by atoms with Crippen molar-refractivity contribution in [1.29, 1.82) is 0 Å². The lowest BCUT2D eigenvalue weighted by atomic mass is 9.89. The highest BCUT2D eigenvalue weighted by atomic mass is 16.6. The van der Waals surface area contributed by atoms with Crippen LogP contribution < -0.4 is 16.4 Å². The Hall–Kier alpha value is -2.56. The third-order valence-electron chi connectivity index (χ3n) is 14.7. The zero-order chi connectivity index (χ0) is 57.5. The molecule has 0 spiro atoms. The van der Waals surface area contributed by atoms with Crippen molar-refractivity contribution in [3.63, 3.8) is 0 Å². The molecule has 0 bridgehead atoms. The zero-order valence-corrected chi connectivity index (χ0v) is 53.1. The normalized spacial score (nSPS) is 13.0. The summed E-state index contributed by atoms with van der Waals surface area (Å²) in [5, 5.41) is 6.00. The number of hydrogen-bond acceptors (Lipinski definition) is 7. The highest BCUT2D eigenvalue weighted by Crippen LogP contribution is 2.25. The van der Waals surface area contributed by atoms with Gasteiger partial charge in [0.2, 0.25) is 11.8 Å². The number of amides is 4. The SMILES string of the molecule is CC(C)CCCC(C)CCC(=O)NCCN.CCCCCC(C)CCCC(C)CCC(=O)NCCCCCCC(CCCCCCN(CCCC)C(=O)OC(C)(C)C)CCCCCCN(CCCC)C(=O)OC(C)(C)C. The first-order valence-electron chi connectivity index (χ1n) is 32.3. The molecule has 11 nitrogen and oxygen atoms in total. The molecule has 0 aromatic heterocycles. The average molecular weight is 1080 g/mol. The van der Waals surface area contributed by atoms with Crippen LogP contribution in [0.5, 0.6) is 0 Å². The van der Waals surface area contributed by atoms with E-state index in [4.69, 9.17) is 15.2 Å². The van der Waals surface area contributed by atoms with Crippen LogP contribution in [-0.4, -0.2) is 90.8 Å². The summed E-state index contributed by atoms with van der Waals surface area (Å²) in [6.45, 7) is 34.7. The van der Waals surface area contributed by atoms with Crippen molar-refractivity contribution in [3.8, 4) is 0 Å². The zero-order valence-electron chi connectivity index (χ0n) is 53.1. The summed E-state index contributed by atoms with van der Waals surface area (Å²) in [7, 11) is 0. The largest absolute Gasteiger partial charge is 0.444 e. The molecule has 3 atom stereocenters. The first-order valence-corrected chi connectivity index (χ1v) is 32.3. The molecule has 4 amide bonds. The van der Waals surface area contributed by atoms with Gasteiger partial charge in [-0.2, -0.15) is 0 Å². The third kappa shape index (κ3) is 52.2. The molecule has 3 unspecified atom stereocenters. The van der Waals surface area contributed by atoms with Crippen molar-refractivity contribution in [2.75, 3.05) is 45.8 Å². The Labute approximate surface area is 472 Å². The predicted octanol–water partition coefficient (Wildman–Crippen LogP) is 17.8. The maximum absolute atomic E-state index is 12.8. The minimum atomic E-state index is -0.467. The summed E-state index contributed by atoms with van der Waals surface area (Å²) < 4.78 is 11.4. The van der Waals surface area contributed by atoms with Crippen molar-refractivity contribution in [2.45, 2.75) is 320 Å². The van der Waals surface area contributed by atoms with Gasteiger partial charge in [0, 0.05) is 58.7 Å². The second kappa shape index (κ2) is 49.5. The van der Waals surface area contributed by atoms with Crippen molar-refractivity contribution in [2.24, 2.45) is 35.3 Å². The number of nitrogens with one attached hydrogen (secondary N) is 2. The Balaban J connectivity index is 0. The lowest BCUT2D eigenvalue weighted by Crippen LogP contribution is -2.38. The molecule has 0 aliphatic rings. The van der Waals surface area contributed by atoms with E-state index in [0.29, 0.717) is 37.8 Å². The fourth-order valence-electron chi connectivity index (χ4n) is 9.70. The van der Waals surface area contributed by atoms with E-state index < -0.39 is 11.2 Å². The first-order chi connectivity index (χ1) is 36.1. The molecule has 76 heavy (non-hydrogen) atoms. The van der Waals surface area contributed by atoms with Crippen LogP contribution in [0.25, 0.3) is 0 Å². The molecule has 0 rings (SSSR count). The van der Waals surface area contributed by atoms with Crippen molar-refractivity contribution in [3.05, 3.63) is 0 Å². The molecular formula is C65H131N5O6. The highest BCUT2D eigenvalue weighted by Gasteiger charge is 2.23. The summed E-state index contributed by atoms with van der Waals surface area (Å²) in [4.78, 5) is 53.3. The fourth-order valence-corrected chi connectivity index (χ4v) is 9.70. The van der Waals surface area contributed by atoms with Gasteiger partial charge in [-0.1, -0.05) is 209 Å². The van der Waals surface area contributed by atoms with E-state index >= 15 is 0 Å². The second-order valence-electron chi connectivity index (χ2n) is 25.7. The molecule has 0 aromatic rings. The maximum Gasteiger partial charge on any atom is 0.410 e. The summed E-state index contributed by atoms with van der Waals surface area (Å²) in [5.41, 5.74) is 4.38. The van der Waals surface area contributed by atoms with E-state index in [9.17, 15) is 19.2 Å². The number of unbranched alkanes of at least 4 members (excludes halogenated alkanes) is 13. The smallest absolute Gasteiger partial charge is 0.410 e. The van der Waals surface area contributed by atoms with Crippen LogP contribution in [0.15, 0.2) is 0 Å². The van der Waals surface area contributed by atoms with E-state index in [1.165, 1.54) is 128 Å². The first kappa shape index (κ1) is 75.5. The van der Waals surface area contributed by atoms with Gasteiger partial charge >= 0.3 is 12.2 Å². The quantitative estimate of drug-likeness (QED) is 0.0515. The van der Waals surface area contributed by atoms with Crippen LogP contribution in [0.3, 0.4) is 0 Å². The van der Waals surface area contributed by atoms with E-state index in [1.54, 1.807) is 0 Å². The maximum atomic E-state index is 12.8. The van der Waals surface area contributed by atoms with Gasteiger partial charge in [-0.3, -0.25) is 9.59 Å². The fraction of sp³-hybridized carbons (Fsp3) is 0.938. The van der Waals surface area contributed by atoms with Crippen LogP contribution in [0.2, 0.25) is 0 Å². The number of ether oxygens (including phenoxy) is 2. The summed E-state index contributed by atoms with van der Waals surface area (Å²) in [5.74, 6) is 4.03. The van der Waals surface area contributed by atoms with Crippen molar-refractivity contribution >= 4 is 24.0 Å². The summed E-state index contributed by atoms with van der Waals surface area (Å²) in [6.07, 6.45) is 38.0. The molecule has 452 valence electrons. The number of carbonyl (C=O) groups is 4. The molecule has 0 radical (unpaired) electrons. The molecule has 0 aliphatic heterocycles.